The number of hydrogen-bond donors (Lipinski definition) is 0. The van der Waals surface area contributed by atoms with Gasteiger partial charge in [-0.3, -0.25) is 6.08 Å². The van der Waals surface area contributed by atoms with E-state index >= 15 is 0 Å². The molecule has 6 heteroatoms. The van der Waals surface area contributed by atoms with Crippen LogP contribution in [0.4, 0.5) is 0 Å². The third kappa shape index (κ3) is 4.89. The van der Waals surface area contributed by atoms with Crippen molar-refractivity contribution in [3.05, 3.63) is 85.0 Å². The Balaban J connectivity index is 0.000000207. The molecule has 0 bridgehead atoms. The molecule has 0 fully saturated rings. The molecule has 0 aliphatic heterocycles. The van der Waals surface area contributed by atoms with Gasteiger partial charge < -0.3 is 0 Å². The van der Waals surface area contributed by atoms with Crippen LogP contribution in [0.1, 0.15) is 6.42 Å². The van der Waals surface area contributed by atoms with Crippen LogP contribution in [0.2, 0.25) is 0 Å². The van der Waals surface area contributed by atoms with Crippen LogP contribution < -0.4 is 0 Å². The van der Waals surface area contributed by atoms with Gasteiger partial charge in [0, 0.05) is 0 Å². The number of allylic oxidation sites excluding steroid dienone is 4. The second-order valence-corrected chi connectivity index (χ2v) is 7.97. The zero-order chi connectivity index (χ0) is 18.2. The molecular weight excluding hydrogens is 401 g/mol. The molecule has 0 unspecified atom stereocenters. The first-order valence-electron chi connectivity index (χ1n) is 7.98. The number of aromatic nitrogens is 3. The molecule has 0 saturated carbocycles. The van der Waals surface area contributed by atoms with Crippen molar-refractivity contribution in [1.82, 2.24) is 15.0 Å². The molecule has 1 aliphatic rings. The zero-order valence-electron chi connectivity index (χ0n) is 13.8. The van der Waals surface area contributed by atoms with Gasteiger partial charge in [0.15, 0.2) is 0 Å². The van der Waals surface area contributed by atoms with E-state index in [1.165, 1.54) is 10.8 Å². The van der Waals surface area contributed by atoms with Crippen LogP contribution in [-0.4, -0.2) is 15.0 Å². The summed E-state index contributed by atoms with van der Waals surface area (Å²) in [6.07, 6.45) is 10.0. The summed E-state index contributed by atoms with van der Waals surface area (Å²) in [6, 6.07) is 20.4. The predicted octanol–water partition coefficient (Wildman–Crippen LogP) is 5.97. The SMILES string of the molecule is [C-]1=CC=CC1.[Cl][Ti][Cl].c1ccc2[cH-]c(-n3nc4ccccc4n3)cc2c1. The van der Waals surface area contributed by atoms with Crippen LogP contribution in [0.5, 0.6) is 0 Å². The minimum absolute atomic E-state index is 0.556. The van der Waals surface area contributed by atoms with Crippen molar-refractivity contribution < 1.29 is 17.0 Å². The van der Waals surface area contributed by atoms with Gasteiger partial charge in [-0.1, -0.05) is 18.2 Å². The van der Waals surface area contributed by atoms with E-state index in [0.717, 1.165) is 23.1 Å². The van der Waals surface area contributed by atoms with E-state index in [1.807, 2.05) is 48.6 Å². The molecule has 4 aromatic rings. The van der Waals surface area contributed by atoms with Crippen LogP contribution in [0, 0.1) is 6.08 Å². The van der Waals surface area contributed by atoms with Gasteiger partial charge in [0.2, 0.25) is 0 Å². The van der Waals surface area contributed by atoms with Crippen molar-refractivity contribution in [2.24, 2.45) is 0 Å². The molecule has 1 heterocycles. The number of fused-ring (bicyclic) bond motifs is 2. The summed E-state index contributed by atoms with van der Waals surface area (Å²) in [5.41, 5.74) is 2.85. The number of halogens is 2. The average Bonchev–Trinajstić information content (AvgIpc) is 3.42. The molecule has 26 heavy (non-hydrogen) atoms. The number of rotatable bonds is 1. The molecule has 5 rings (SSSR count). The second-order valence-electron chi connectivity index (χ2n) is 5.40. The van der Waals surface area contributed by atoms with E-state index in [0.29, 0.717) is 0 Å². The smallest absolute Gasteiger partial charge is 0.113 e. The van der Waals surface area contributed by atoms with Crippen LogP contribution in [0.3, 0.4) is 0 Å². The summed E-state index contributed by atoms with van der Waals surface area (Å²) in [5.74, 6) is 0. The van der Waals surface area contributed by atoms with Crippen molar-refractivity contribution in [3.8, 4) is 5.69 Å². The first-order valence-corrected chi connectivity index (χ1v) is 12.3. The zero-order valence-corrected chi connectivity index (χ0v) is 16.9. The molecule has 0 amide bonds. The summed E-state index contributed by atoms with van der Waals surface area (Å²) in [7, 11) is 9.78. The van der Waals surface area contributed by atoms with Crippen molar-refractivity contribution in [2.45, 2.75) is 6.42 Å². The minimum atomic E-state index is -0.556. The van der Waals surface area contributed by atoms with Gasteiger partial charge >= 0.3 is 35.6 Å². The van der Waals surface area contributed by atoms with Gasteiger partial charge in [0.25, 0.3) is 0 Å². The molecule has 0 spiro atoms. The molecular formula is C20H15Cl2N3Ti-2. The maximum Gasteiger partial charge on any atom is 0.113 e. The molecule has 0 N–H and O–H groups in total. The van der Waals surface area contributed by atoms with Gasteiger partial charge in [-0.05, 0) is 17.8 Å². The van der Waals surface area contributed by atoms with Crippen LogP contribution in [-0.2, 0) is 17.0 Å². The fraction of sp³-hybridized carbons (Fsp3) is 0.0500. The fourth-order valence-electron chi connectivity index (χ4n) is 2.56. The van der Waals surface area contributed by atoms with E-state index in [4.69, 9.17) is 18.6 Å². The topological polar surface area (TPSA) is 30.7 Å². The van der Waals surface area contributed by atoms with E-state index in [9.17, 15) is 0 Å². The number of nitrogens with zero attached hydrogens (tertiary/aromatic N) is 3. The average molecular weight is 416 g/mol. The van der Waals surface area contributed by atoms with E-state index in [-0.39, 0.29) is 0 Å². The largest absolute Gasteiger partial charge is 0.170 e. The van der Waals surface area contributed by atoms with Crippen molar-refractivity contribution >= 4 is 40.4 Å². The molecule has 0 radical (unpaired) electrons. The Labute approximate surface area is 169 Å². The Kier molecular flexibility index (Phi) is 7.16. The van der Waals surface area contributed by atoms with E-state index in [1.54, 1.807) is 4.80 Å². The predicted molar refractivity (Wildman–Crippen MR) is 105 cm³/mol. The Morgan fingerprint density at radius 2 is 1.65 bits per heavy atom. The first-order chi connectivity index (χ1) is 12.8. The quantitative estimate of drug-likeness (QED) is 0.283. The van der Waals surface area contributed by atoms with Gasteiger partial charge in [-0.15, -0.1) is 57.7 Å². The van der Waals surface area contributed by atoms with Crippen molar-refractivity contribution in [1.29, 1.82) is 0 Å². The minimum Gasteiger partial charge on any atom is -0.170 e. The third-order valence-corrected chi connectivity index (χ3v) is 3.71. The van der Waals surface area contributed by atoms with E-state index < -0.39 is 17.0 Å². The molecule has 130 valence electrons. The Bertz CT molecular complexity index is 886. The molecule has 0 atom stereocenters. The van der Waals surface area contributed by atoms with Gasteiger partial charge in [0.1, 0.15) is 11.0 Å². The standard InChI is InChI=1S/C15H10N3.C5H5.2ClH.Ti/c1-2-6-12-10-13(9-11(12)5-1)18-16-14-7-3-4-8-15(14)17-18;1-2-4-5-3-1;;;/h1-10H;1-3H,4H2;2*1H;/q2*-1;;;+2/p-2. The van der Waals surface area contributed by atoms with Gasteiger partial charge in [-0.2, -0.15) is 10.9 Å². The molecule has 0 saturated heterocycles. The summed E-state index contributed by atoms with van der Waals surface area (Å²) in [5, 5.41) is 11.4. The summed E-state index contributed by atoms with van der Waals surface area (Å²) < 4.78 is 0. The Morgan fingerprint density at radius 3 is 2.19 bits per heavy atom. The summed E-state index contributed by atoms with van der Waals surface area (Å²) in [6.45, 7) is 0. The Hall–Kier alpha value is -1.78. The summed E-state index contributed by atoms with van der Waals surface area (Å²) in [4.78, 5) is 1.70. The van der Waals surface area contributed by atoms with Gasteiger partial charge in [-0.25, -0.2) is 12.2 Å². The Morgan fingerprint density at radius 1 is 1.00 bits per heavy atom. The summed E-state index contributed by atoms with van der Waals surface area (Å²) >= 11 is -0.556. The normalized spacial score (nSPS) is 11.8. The third-order valence-electron chi connectivity index (χ3n) is 3.71. The van der Waals surface area contributed by atoms with Crippen LogP contribution >= 0.6 is 18.6 Å². The second kappa shape index (κ2) is 9.79. The first kappa shape index (κ1) is 19.0. The maximum absolute atomic E-state index is 4.89. The number of benzene rings is 2. The monoisotopic (exact) mass is 415 g/mol. The van der Waals surface area contributed by atoms with Crippen LogP contribution in [0.25, 0.3) is 27.5 Å². The molecule has 1 aromatic heterocycles. The molecule has 3 aromatic carbocycles. The molecule has 1 aliphatic carbocycles. The fourth-order valence-corrected chi connectivity index (χ4v) is 2.56. The van der Waals surface area contributed by atoms with Gasteiger partial charge in [0.05, 0.1) is 0 Å². The maximum atomic E-state index is 4.89. The van der Waals surface area contributed by atoms with Crippen LogP contribution in [0.15, 0.2) is 78.9 Å². The molecule has 3 nitrogen and oxygen atoms in total. The van der Waals surface area contributed by atoms with E-state index in [2.05, 4.69) is 46.6 Å². The van der Waals surface area contributed by atoms with Crippen molar-refractivity contribution in [2.75, 3.05) is 0 Å². The number of hydrogen-bond acceptors (Lipinski definition) is 2. The van der Waals surface area contributed by atoms with Crippen molar-refractivity contribution in [3.63, 3.8) is 0 Å².